The van der Waals surface area contributed by atoms with Crippen LogP contribution in [0, 0.1) is 0 Å². The number of carbonyl (C=O) groups is 1. The van der Waals surface area contributed by atoms with Crippen LogP contribution >= 0.6 is 11.8 Å². The highest BCUT2D eigenvalue weighted by atomic mass is 32.2. The van der Waals surface area contributed by atoms with Crippen molar-refractivity contribution in [2.75, 3.05) is 5.75 Å². The Hall–Kier alpha value is -1.07. The number of hydrogen-bond acceptors (Lipinski definition) is 4. The van der Waals surface area contributed by atoms with Crippen molar-refractivity contribution in [3.8, 4) is 0 Å². The molecule has 2 atom stereocenters. The van der Waals surface area contributed by atoms with Gasteiger partial charge in [-0.3, -0.25) is 9.78 Å². The third-order valence-corrected chi connectivity index (χ3v) is 3.72. The first kappa shape index (κ1) is 14.0. The predicted octanol–water partition coefficient (Wildman–Crippen LogP) is 1.20. The quantitative estimate of drug-likeness (QED) is 0.801. The number of nitrogens with zero attached hydrogens (tertiary/aromatic N) is 1. The summed E-state index contributed by atoms with van der Waals surface area (Å²) in [5.74, 6) is 0.345. The van der Waals surface area contributed by atoms with Crippen molar-refractivity contribution in [3.63, 3.8) is 0 Å². The van der Waals surface area contributed by atoms with Crippen LogP contribution in [-0.4, -0.2) is 33.1 Å². The first-order valence-electron chi connectivity index (χ1n) is 5.55. The van der Waals surface area contributed by atoms with Gasteiger partial charge >= 0.3 is 0 Å². The molecule has 0 bridgehead atoms. The minimum absolute atomic E-state index is 0.0219. The van der Waals surface area contributed by atoms with Crippen LogP contribution in [0.25, 0.3) is 0 Å². The molecule has 2 N–H and O–H groups in total. The summed E-state index contributed by atoms with van der Waals surface area (Å²) in [4.78, 5) is 15.5. The van der Waals surface area contributed by atoms with Crippen molar-refractivity contribution in [3.05, 3.63) is 30.1 Å². The predicted molar refractivity (Wildman–Crippen MR) is 69.7 cm³/mol. The van der Waals surface area contributed by atoms with Crippen molar-refractivity contribution in [1.82, 2.24) is 10.3 Å². The molecular formula is C12H18N2O2S. The molecular weight excluding hydrogens is 236 g/mol. The Kier molecular flexibility index (Phi) is 6.00. The van der Waals surface area contributed by atoms with Crippen molar-refractivity contribution >= 4 is 17.7 Å². The number of aromatic nitrogens is 1. The van der Waals surface area contributed by atoms with Gasteiger partial charge in [0.2, 0.25) is 5.91 Å². The smallest absolute Gasteiger partial charge is 0.230 e. The lowest BCUT2D eigenvalue weighted by Gasteiger charge is -2.13. The molecule has 94 valence electrons. The van der Waals surface area contributed by atoms with E-state index in [1.807, 2.05) is 19.1 Å². The van der Waals surface area contributed by atoms with Crippen molar-refractivity contribution in [2.24, 2.45) is 0 Å². The second-order valence-electron chi connectivity index (χ2n) is 3.89. The summed E-state index contributed by atoms with van der Waals surface area (Å²) >= 11 is 1.45. The largest absolute Gasteiger partial charge is 0.392 e. The van der Waals surface area contributed by atoms with Crippen LogP contribution < -0.4 is 5.32 Å². The lowest BCUT2D eigenvalue weighted by Crippen LogP contribution is -2.26. The van der Waals surface area contributed by atoms with E-state index in [0.29, 0.717) is 12.3 Å². The van der Waals surface area contributed by atoms with Gasteiger partial charge in [-0.1, -0.05) is 13.0 Å². The number of rotatable bonds is 6. The van der Waals surface area contributed by atoms with E-state index in [4.69, 9.17) is 0 Å². The first-order chi connectivity index (χ1) is 8.09. The van der Waals surface area contributed by atoms with Gasteiger partial charge in [-0.15, -0.1) is 11.8 Å². The number of amides is 1. The summed E-state index contributed by atoms with van der Waals surface area (Å²) in [5, 5.41) is 12.2. The van der Waals surface area contributed by atoms with Crippen LogP contribution in [0.5, 0.6) is 0 Å². The number of carbonyl (C=O) groups excluding carboxylic acids is 1. The normalized spacial score (nSPS) is 14.1. The van der Waals surface area contributed by atoms with E-state index < -0.39 is 6.10 Å². The molecule has 0 fully saturated rings. The highest BCUT2D eigenvalue weighted by Gasteiger charge is 2.11. The topological polar surface area (TPSA) is 62.2 Å². The van der Waals surface area contributed by atoms with Crippen molar-refractivity contribution in [1.29, 1.82) is 0 Å². The van der Waals surface area contributed by atoms with E-state index in [2.05, 4.69) is 10.3 Å². The summed E-state index contributed by atoms with van der Waals surface area (Å²) in [6.07, 6.45) is 3.03. The Morgan fingerprint density at radius 2 is 2.35 bits per heavy atom. The summed E-state index contributed by atoms with van der Waals surface area (Å²) in [5.41, 5.74) is 0.981. The van der Waals surface area contributed by atoms with Crippen LogP contribution in [0.1, 0.15) is 19.4 Å². The molecule has 4 nitrogen and oxygen atoms in total. The second-order valence-corrected chi connectivity index (χ2v) is 5.26. The molecule has 0 saturated carbocycles. The molecule has 0 aliphatic carbocycles. The fourth-order valence-corrected chi connectivity index (χ4v) is 1.90. The summed E-state index contributed by atoms with van der Waals surface area (Å²) < 4.78 is 0. The second kappa shape index (κ2) is 7.29. The van der Waals surface area contributed by atoms with Gasteiger partial charge in [-0.05, 0) is 18.6 Å². The third kappa shape index (κ3) is 5.70. The highest BCUT2D eigenvalue weighted by molar-refractivity contribution is 8.00. The zero-order chi connectivity index (χ0) is 12.7. The van der Waals surface area contributed by atoms with E-state index in [1.165, 1.54) is 11.8 Å². The molecule has 1 rings (SSSR count). The van der Waals surface area contributed by atoms with Crippen LogP contribution in [0.2, 0.25) is 0 Å². The molecule has 1 heterocycles. The van der Waals surface area contributed by atoms with Crippen LogP contribution in [0.15, 0.2) is 24.5 Å². The Balaban J connectivity index is 2.22. The standard InChI is InChI=1S/C12H18N2O2S/c1-9(15)10(2)17-8-12(16)14-7-11-4-3-5-13-6-11/h3-6,9-10,15H,7-8H2,1-2H3,(H,14,16)/t9-,10-/m0/s1. The SMILES string of the molecule is C[C@H](O)[C@H](C)SCC(=O)NCc1cccnc1. The van der Waals surface area contributed by atoms with Gasteiger partial charge in [-0.25, -0.2) is 0 Å². The minimum atomic E-state index is -0.397. The van der Waals surface area contributed by atoms with Gasteiger partial charge in [0.25, 0.3) is 0 Å². The molecule has 0 aliphatic heterocycles. The molecule has 17 heavy (non-hydrogen) atoms. The molecule has 1 aromatic heterocycles. The summed E-state index contributed by atoms with van der Waals surface area (Å²) in [6, 6.07) is 3.75. The average molecular weight is 254 g/mol. The van der Waals surface area contributed by atoms with Crippen LogP contribution in [0.4, 0.5) is 0 Å². The van der Waals surface area contributed by atoms with Crippen LogP contribution in [-0.2, 0) is 11.3 Å². The van der Waals surface area contributed by atoms with E-state index in [9.17, 15) is 9.90 Å². The highest BCUT2D eigenvalue weighted by Crippen LogP contribution is 2.13. The zero-order valence-electron chi connectivity index (χ0n) is 10.1. The first-order valence-corrected chi connectivity index (χ1v) is 6.59. The number of nitrogens with one attached hydrogen (secondary N) is 1. The van der Waals surface area contributed by atoms with Gasteiger partial charge in [-0.2, -0.15) is 0 Å². The van der Waals surface area contributed by atoms with E-state index in [1.54, 1.807) is 19.3 Å². The molecule has 0 aromatic carbocycles. The van der Waals surface area contributed by atoms with Gasteiger partial charge < -0.3 is 10.4 Å². The molecule has 0 aliphatic rings. The minimum Gasteiger partial charge on any atom is -0.392 e. The number of pyridine rings is 1. The van der Waals surface area contributed by atoms with Gasteiger partial charge in [0.15, 0.2) is 0 Å². The molecule has 5 heteroatoms. The maximum absolute atomic E-state index is 11.5. The summed E-state index contributed by atoms with van der Waals surface area (Å²) in [6.45, 7) is 4.13. The van der Waals surface area contributed by atoms with Gasteiger partial charge in [0, 0.05) is 24.2 Å². The molecule has 0 spiro atoms. The maximum atomic E-state index is 11.5. The number of aliphatic hydroxyl groups excluding tert-OH is 1. The number of thioether (sulfide) groups is 1. The lowest BCUT2D eigenvalue weighted by atomic mass is 10.3. The van der Waals surface area contributed by atoms with Gasteiger partial charge in [0.1, 0.15) is 0 Å². The Bertz CT molecular complexity index is 344. The Morgan fingerprint density at radius 1 is 1.59 bits per heavy atom. The van der Waals surface area contributed by atoms with Crippen molar-refractivity contribution in [2.45, 2.75) is 31.7 Å². The Labute approximate surface area is 106 Å². The number of aliphatic hydroxyl groups is 1. The Morgan fingerprint density at radius 3 is 2.94 bits per heavy atom. The fraction of sp³-hybridized carbons (Fsp3) is 0.500. The molecule has 1 aromatic rings. The third-order valence-electron chi connectivity index (χ3n) is 2.37. The summed E-state index contributed by atoms with van der Waals surface area (Å²) in [7, 11) is 0. The molecule has 0 saturated heterocycles. The van der Waals surface area contributed by atoms with Gasteiger partial charge in [0.05, 0.1) is 11.9 Å². The zero-order valence-corrected chi connectivity index (χ0v) is 10.9. The van der Waals surface area contributed by atoms with E-state index >= 15 is 0 Å². The van der Waals surface area contributed by atoms with Crippen LogP contribution in [0.3, 0.4) is 0 Å². The molecule has 0 unspecified atom stereocenters. The maximum Gasteiger partial charge on any atom is 0.230 e. The van der Waals surface area contributed by atoms with E-state index in [0.717, 1.165) is 5.56 Å². The molecule has 0 radical (unpaired) electrons. The van der Waals surface area contributed by atoms with E-state index in [-0.39, 0.29) is 11.2 Å². The fourth-order valence-electron chi connectivity index (χ4n) is 1.10. The number of hydrogen-bond donors (Lipinski definition) is 2. The van der Waals surface area contributed by atoms with Crippen molar-refractivity contribution < 1.29 is 9.90 Å². The monoisotopic (exact) mass is 254 g/mol. The lowest BCUT2D eigenvalue weighted by molar-refractivity contribution is -0.118. The average Bonchev–Trinajstić information content (AvgIpc) is 2.34. The molecule has 1 amide bonds.